The summed E-state index contributed by atoms with van der Waals surface area (Å²) < 4.78 is 10.8. The van der Waals surface area contributed by atoms with E-state index < -0.39 is 0 Å². The molecule has 0 fully saturated rings. The van der Waals surface area contributed by atoms with Crippen LogP contribution < -0.4 is 14.9 Å². The van der Waals surface area contributed by atoms with Crippen LogP contribution in [-0.2, 0) is 0 Å². The fourth-order valence-corrected chi connectivity index (χ4v) is 1.66. The van der Waals surface area contributed by atoms with E-state index in [1.54, 1.807) is 24.3 Å². The van der Waals surface area contributed by atoms with Crippen molar-refractivity contribution in [3.8, 4) is 23.6 Å². The predicted molar refractivity (Wildman–Crippen MR) is 69.7 cm³/mol. The first kappa shape index (κ1) is 13.4. The third-order valence-electron chi connectivity index (χ3n) is 2.56. The molecule has 0 amide bonds. The zero-order valence-electron chi connectivity index (χ0n) is 10.6. The molecule has 0 saturated carbocycles. The van der Waals surface area contributed by atoms with E-state index in [4.69, 9.17) is 20.0 Å². The first-order chi connectivity index (χ1) is 9.65. The summed E-state index contributed by atoms with van der Waals surface area (Å²) in [6, 6.07) is 6.34. The summed E-state index contributed by atoms with van der Waals surface area (Å²) in [5.74, 6) is 0.765. The lowest BCUT2D eigenvalue weighted by molar-refractivity contribution is 0.101. The molecular formula is C13H10N4O3. The van der Waals surface area contributed by atoms with E-state index in [2.05, 4.69) is 10.5 Å². The highest BCUT2D eigenvalue weighted by atomic mass is 16.6. The normalized spacial score (nSPS) is 11.8. The minimum atomic E-state index is -0.339. The summed E-state index contributed by atoms with van der Waals surface area (Å²) in [4.78, 5) is 11.6. The largest absolute Gasteiger partial charge is 0.486 e. The van der Waals surface area contributed by atoms with E-state index in [9.17, 15) is 4.79 Å². The number of ether oxygens (including phenoxy) is 2. The lowest BCUT2D eigenvalue weighted by Gasteiger charge is -2.20. The van der Waals surface area contributed by atoms with Gasteiger partial charge in [-0.2, -0.15) is 15.6 Å². The predicted octanol–water partition coefficient (Wildman–Crippen LogP) is 1.48. The van der Waals surface area contributed by atoms with Crippen molar-refractivity contribution < 1.29 is 14.3 Å². The Balaban J connectivity index is 2.41. The zero-order valence-corrected chi connectivity index (χ0v) is 10.6. The van der Waals surface area contributed by atoms with Crippen molar-refractivity contribution in [2.45, 2.75) is 6.92 Å². The van der Waals surface area contributed by atoms with Gasteiger partial charge in [-0.3, -0.25) is 10.2 Å². The molecule has 2 rings (SSSR count). The molecule has 1 heterocycles. The van der Waals surface area contributed by atoms with Crippen LogP contribution in [-0.4, -0.2) is 24.7 Å². The fraction of sp³-hybridized carbons (Fsp3) is 0.231. The highest BCUT2D eigenvalue weighted by Crippen LogP contribution is 2.35. The number of carbonyl (C=O) groups excluding carboxylic acids is 1. The number of anilines is 1. The maximum Gasteiger partial charge on any atom is 0.237 e. The van der Waals surface area contributed by atoms with Crippen LogP contribution in [0, 0.1) is 22.7 Å². The molecule has 7 nitrogen and oxygen atoms in total. The number of benzene rings is 1. The van der Waals surface area contributed by atoms with Gasteiger partial charge in [0.1, 0.15) is 25.4 Å². The van der Waals surface area contributed by atoms with Gasteiger partial charge in [0.15, 0.2) is 17.3 Å². The molecule has 0 aliphatic carbocycles. The van der Waals surface area contributed by atoms with E-state index in [0.717, 1.165) is 0 Å². The standard InChI is InChI=1S/C13H10N4O3/c1-8(18)10-4-12-13(20-3-2-19-12)5-11(10)17-16-9(6-14)7-15/h4-5,17H,2-3H2,1H3. The molecular weight excluding hydrogens is 260 g/mol. The van der Waals surface area contributed by atoms with Gasteiger partial charge >= 0.3 is 0 Å². The van der Waals surface area contributed by atoms with Gasteiger partial charge in [0.05, 0.1) is 5.69 Å². The Morgan fingerprint density at radius 2 is 1.85 bits per heavy atom. The second-order valence-corrected chi connectivity index (χ2v) is 3.89. The minimum absolute atomic E-state index is 0.199. The van der Waals surface area contributed by atoms with Gasteiger partial charge in [-0.25, -0.2) is 0 Å². The molecule has 100 valence electrons. The third kappa shape index (κ3) is 2.68. The Labute approximate surface area is 115 Å². The fourth-order valence-electron chi connectivity index (χ4n) is 1.66. The van der Waals surface area contributed by atoms with Gasteiger partial charge in [0.2, 0.25) is 5.71 Å². The zero-order chi connectivity index (χ0) is 14.5. The highest BCUT2D eigenvalue weighted by molar-refractivity contribution is 6.10. The molecule has 7 heteroatoms. The van der Waals surface area contributed by atoms with Crippen molar-refractivity contribution in [2.75, 3.05) is 18.6 Å². The number of nitrogens with one attached hydrogen (secondary N) is 1. The van der Waals surface area contributed by atoms with Crippen LogP contribution >= 0.6 is 0 Å². The molecule has 1 N–H and O–H groups in total. The Bertz CT molecular complexity index is 651. The summed E-state index contributed by atoms with van der Waals surface area (Å²) >= 11 is 0. The summed E-state index contributed by atoms with van der Waals surface area (Å²) in [6.07, 6.45) is 0. The number of hydrogen-bond donors (Lipinski definition) is 1. The van der Waals surface area contributed by atoms with Crippen molar-refractivity contribution in [3.05, 3.63) is 17.7 Å². The summed E-state index contributed by atoms with van der Waals surface area (Å²) in [7, 11) is 0. The molecule has 20 heavy (non-hydrogen) atoms. The van der Waals surface area contributed by atoms with Gasteiger partial charge < -0.3 is 9.47 Å². The number of fused-ring (bicyclic) bond motifs is 1. The molecule has 0 atom stereocenters. The van der Waals surface area contributed by atoms with E-state index in [1.807, 2.05) is 0 Å². The Kier molecular flexibility index (Phi) is 3.82. The Morgan fingerprint density at radius 1 is 1.25 bits per heavy atom. The lowest BCUT2D eigenvalue weighted by Crippen LogP contribution is -2.16. The number of nitrogens with zero attached hydrogens (tertiary/aromatic N) is 3. The van der Waals surface area contributed by atoms with Crippen LogP contribution in [0.4, 0.5) is 5.69 Å². The monoisotopic (exact) mass is 270 g/mol. The summed E-state index contributed by atoms with van der Waals surface area (Å²) in [5, 5.41) is 20.9. The summed E-state index contributed by atoms with van der Waals surface area (Å²) in [6.45, 7) is 2.23. The highest BCUT2D eigenvalue weighted by Gasteiger charge is 2.18. The van der Waals surface area contributed by atoms with Crippen molar-refractivity contribution in [1.82, 2.24) is 0 Å². The van der Waals surface area contributed by atoms with Crippen LogP contribution in [0.25, 0.3) is 0 Å². The van der Waals surface area contributed by atoms with Gasteiger partial charge in [-0.1, -0.05) is 0 Å². The SMILES string of the molecule is CC(=O)c1cc2c(cc1NN=C(C#N)C#N)OCCO2. The van der Waals surface area contributed by atoms with Gasteiger partial charge in [0, 0.05) is 11.6 Å². The van der Waals surface area contributed by atoms with Crippen molar-refractivity contribution >= 4 is 17.2 Å². The number of carbonyl (C=O) groups is 1. The lowest BCUT2D eigenvalue weighted by atomic mass is 10.1. The number of nitriles is 2. The first-order valence-electron chi connectivity index (χ1n) is 5.74. The van der Waals surface area contributed by atoms with Crippen LogP contribution in [0.1, 0.15) is 17.3 Å². The van der Waals surface area contributed by atoms with Crippen molar-refractivity contribution in [3.63, 3.8) is 0 Å². The maximum atomic E-state index is 11.6. The van der Waals surface area contributed by atoms with Gasteiger partial charge in [-0.15, -0.1) is 0 Å². The molecule has 0 radical (unpaired) electrons. The van der Waals surface area contributed by atoms with Gasteiger partial charge in [-0.05, 0) is 13.0 Å². The Morgan fingerprint density at radius 3 is 2.40 bits per heavy atom. The topological polar surface area (TPSA) is 108 Å². The minimum Gasteiger partial charge on any atom is -0.486 e. The second kappa shape index (κ2) is 5.72. The van der Waals surface area contributed by atoms with Crippen LogP contribution in [0.2, 0.25) is 0 Å². The molecule has 1 aromatic rings. The molecule has 1 aromatic carbocycles. The average molecular weight is 270 g/mol. The number of hydrogen-bond acceptors (Lipinski definition) is 7. The molecule has 1 aliphatic heterocycles. The number of rotatable bonds is 3. The average Bonchev–Trinajstić information content (AvgIpc) is 2.47. The van der Waals surface area contributed by atoms with E-state index in [-0.39, 0.29) is 11.5 Å². The van der Waals surface area contributed by atoms with E-state index in [0.29, 0.717) is 36.0 Å². The first-order valence-corrected chi connectivity index (χ1v) is 5.74. The van der Waals surface area contributed by atoms with E-state index >= 15 is 0 Å². The van der Waals surface area contributed by atoms with Crippen molar-refractivity contribution in [1.29, 1.82) is 10.5 Å². The molecule has 0 bridgehead atoms. The molecule has 0 saturated heterocycles. The van der Waals surface area contributed by atoms with Crippen LogP contribution in [0.15, 0.2) is 17.2 Å². The third-order valence-corrected chi connectivity index (χ3v) is 2.56. The molecule has 0 spiro atoms. The smallest absolute Gasteiger partial charge is 0.237 e. The Hall–Kier alpha value is -3.06. The molecule has 0 unspecified atom stereocenters. The number of Topliss-reactive ketones (excluding diaryl/α,β-unsaturated/α-hetero) is 1. The quantitative estimate of drug-likeness (QED) is 0.506. The number of hydrazone groups is 1. The summed E-state index contributed by atoms with van der Waals surface area (Å²) in [5.41, 5.74) is 2.89. The van der Waals surface area contributed by atoms with Crippen molar-refractivity contribution in [2.24, 2.45) is 5.10 Å². The van der Waals surface area contributed by atoms with Crippen LogP contribution in [0.3, 0.4) is 0 Å². The maximum absolute atomic E-state index is 11.6. The van der Waals surface area contributed by atoms with E-state index in [1.165, 1.54) is 6.92 Å². The van der Waals surface area contributed by atoms with Crippen LogP contribution in [0.5, 0.6) is 11.5 Å². The van der Waals surface area contributed by atoms with Gasteiger partial charge in [0.25, 0.3) is 0 Å². The molecule has 0 aromatic heterocycles. The second-order valence-electron chi connectivity index (χ2n) is 3.89. The number of ketones is 1. The molecule has 1 aliphatic rings.